The second-order valence-electron chi connectivity index (χ2n) is 7.09. The van der Waals surface area contributed by atoms with Crippen molar-refractivity contribution >= 4 is 32.9 Å². The van der Waals surface area contributed by atoms with Gasteiger partial charge in [0.2, 0.25) is 0 Å². The number of nitrogens with zero attached hydrogens (tertiary/aromatic N) is 4. The number of fused-ring (bicyclic) bond motifs is 1. The number of amides is 1. The van der Waals surface area contributed by atoms with Crippen LogP contribution in [0, 0.1) is 0 Å². The molecule has 1 N–H and O–H groups in total. The fraction of sp³-hybridized carbons (Fsp3) is 0.217. The summed E-state index contributed by atoms with van der Waals surface area (Å²) in [4.78, 5) is 29.8. The number of carbonyl (C=O) groups excluding carboxylic acids is 1. The quantitative estimate of drug-likeness (QED) is 0.405. The van der Waals surface area contributed by atoms with Crippen LogP contribution in [-0.2, 0) is 13.1 Å². The van der Waals surface area contributed by atoms with Crippen LogP contribution < -0.4 is 15.6 Å². The summed E-state index contributed by atoms with van der Waals surface area (Å²) in [5, 5.41) is 7.60. The zero-order valence-electron chi connectivity index (χ0n) is 17.5. The van der Waals surface area contributed by atoms with Gasteiger partial charge in [-0.2, -0.15) is 5.10 Å². The predicted octanol–water partition coefficient (Wildman–Crippen LogP) is 3.23. The van der Waals surface area contributed by atoms with Gasteiger partial charge >= 0.3 is 0 Å². The summed E-state index contributed by atoms with van der Waals surface area (Å²) in [6, 6.07) is 14.9. The molecule has 4 aromatic rings. The highest BCUT2D eigenvalue weighted by molar-refractivity contribution is 9.10. The van der Waals surface area contributed by atoms with Crippen LogP contribution in [0.3, 0.4) is 0 Å². The molecule has 2 aromatic heterocycles. The average molecular weight is 496 g/mol. The molecule has 0 saturated heterocycles. The molecule has 2 aromatic carbocycles. The molecule has 0 bridgehead atoms. The normalized spacial score (nSPS) is 10.9. The van der Waals surface area contributed by atoms with E-state index in [2.05, 4.69) is 31.3 Å². The zero-order chi connectivity index (χ0) is 22.5. The van der Waals surface area contributed by atoms with Crippen LogP contribution in [0.2, 0.25) is 0 Å². The number of ether oxygens (including phenoxy) is 1. The molecule has 0 unspecified atom stereocenters. The molecule has 0 atom stereocenters. The average Bonchev–Trinajstić information content (AvgIpc) is 3.21. The third kappa shape index (κ3) is 4.72. The van der Waals surface area contributed by atoms with Crippen LogP contribution in [0.4, 0.5) is 0 Å². The highest BCUT2D eigenvalue weighted by atomic mass is 79.9. The van der Waals surface area contributed by atoms with Crippen LogP contribution in [0.5, 0.6) is 5.75 Å². The topological polar surface area (TPSA) is 91.0 Å². The minimum Gasteiger partial charge on any atom is -0.493 e. The van der Waals surface area contributed by atoms with Crippen molar-refractivity contribution in [2.45, 2.75) is 20.0 Å². The summed E-state index contributed by atoms with van der Waals surface area (Å²) < 4.78 is 9.68. The summed E-state index contributed by atoms with van der Waals surface area (Å²) in [5.41, 5.74) is 1.82. The Kier molecular flexibility index (Phi) is 6.65. The van der Waals surface area contributed by atoms with Crippen molar-refractivity contribution in [2.24, 2.45) is 0 Å². The van der Waals surface area contributed by atoms with Crippen LogP contribution >= 0.6 is 15.9 Å². The molecule has 0 spiro atoms. The van der Waals surface area contributed by atoms with Gasteiger partial charge in [-0.15, -0.1) is 0 Å². The Morgan fingerprint density at radius 2 is 1.94 bits per heavy atom. The van der Waals surface area contributed by atoms with Crippen molar-refractivity contribution in [1.82, 2.24) is 24.6 Å². The molecular formula is C23H22BrN5O3. The number of hydrogen-bond donors (Lipinski definition) is 1. The molecular weight excluding hydrogens is 474 g/mol. The SMILES string of the molecule is CCOc1ccccc1C(=O)NCCn1ncc2c(=O)n(Cc3ccc(Br)cc3)cnc21. The minimum atomic E-state index is -0.227. The predicted molar refractivity (Wildman–Crippen MR) is 125 cm³/mol. The Bertz CT molecular complexity index is 1300. The molecule has 0 saturated carbocycles. The van der Waals surface area contributed by atoms with E-state index < -0.39 is 0 Å². The number of halogens is 1. The van der Waals surface area contributed by atoms with Crippen molar-refractivity contribution in [3.8, 4) is 5.75 Å². The number of rotatable bonds is 8. The van der Waals surface area contributed by atoms with Crippen LogP contribution in [0.25, 0.3) is 11.0 Å². The van der Waals surface area contributed by atoms with Crippen LogP contribution in [-0.4, -0.2) is 38.4 Å². The number of nitrogens with one attached hydrogen (secondary N) is 1. The number of para-hydroxylation sites is 1. The lowest BCUT2D eigenvalue weighted by Gasteiger charge is -2.10. The standard InChI is InChI=1S/C23H22BrN5O3/c1-2-32-20-6-4-3-5-18(20)22(30)25-11-12-29-21-19(13-27-29)23(31)28(15-26-21)14-16-7-9-17(24)10-8-16/h3-10,13,15H,2,11-12,14H2,1H3,(H,25,30). The van der Waals surface area contributed by atoms with E-state index in [1.165, 1.54) is 12.5 Å². The second kappa shape index (κ2) is 9.78. The first-order valence-electron chi connectivity index (χ1n) is 10.2. The van der Waals surface area contributed by atoms with Crippen LogP contribution in [0.1, 0.15) is 22.8 Å². The lowest BCUT2D eigenvalue weighted by Crippen LogP contribution is -2.28. The molecule has 2 heterocycles. The Labute approximate surface area is 193 Å². The van der Waals surface area contributed by atoms with E-state index >= 15 is 0 Å². The molecule has 9 heteroatoms. The molecule has 0 aliphatic carbocycles. The molecule has 0 aliphatic rings. The lowest BCUT2D eigenvalue weighted by molar-refractivity contribution is 0.0948. The Morgan fingerprint density at radius 3 is 2.72 bits per heavy atom. The van der Waals surface area contributed by atoms with E-state index in [0.29, 0.717) is 48.6 Å². The van der Waals surface area contributed by atoms with E-state index in [4.69, 9.17) is 4.74 Å². The smallest absolute Gasteiger partial charge is 0.264 e. The first kappa shape index (κ1) is 21.8. The monoisotopic (exact) mass is 495 g/mol. The fourth-order valence-corrected chi connectivity index (χ4v) is 3.63. The highest BCUT2D eigenvalue weighted by Gasteiger charge is 2.13. The Morgan fingerprint density at radius 1 is 1.16 bits per heavy atom. The maximum absolute atomic E-state index is 12.9. The number of benzene rings is 2. The van der Waals surface area contributed by atoms with Gasteiger partial charge < -0.3 is 10.1 Å². The van der Waals surface area contributed by atoms with Gasteiger partial charge in [0.25, 0.3) is 11.5 Å². The summed E-state index contributed by atoms with van der Waals surface area (Å²) in [6.07, 6.45) is 3.05. The van der Waals surface area contributed by atoms with E-state index in [1.54, 1.807) is 27.4 Å². The van der Waals surface area contributed by atoms with Crippen molar-refractivity contribution in [3.63, 3.8) is 0 Å². The van der Waals surface area contributed by atoms with Gasteiger partial charge in [0.1, 0.15) is 17.5 Å². The number of aromatic nitrogens is 4. The van der Waals surface area contributed by atoms with Gasteiger partial charge in [-0.3, -0.25) is 14.2 Å². The number of hydrogen-bond acceptors (Lipinski definition) is 5. The summed E-state index contributed by atoms with van der Waals surface area (Å²) in [6.45, 7) is 3.50. The van der Waals surface area contributed by atoms with E-state index in [9.17, 15) is 9.59 Å². The minimum absolute atomic E-state index is 0.154. The van der Waals surface area contributed by atoms with Gasteiger partial charge in [-0.1, -0.05) is 40.2 Å². The van der Waals surface area contributed by atoms with Gasteiger partial charge in [-0.25, -0.2) is 9.67 Å². The van der Waals surface area contributed by atoms with Crippen molar-refractivity contribution in [1.29, 1.82) is 0 Å². The largest absolute Gasteiger partial charge is 0.493 e. The zero-order valence-corrected chi connectivity index (χ0v) is 19.1. The van der Waals surface area contributed by atoms with Crippen molar-refractivity contribution in [3.05, 3.63) is 87.0 Å². The fourth-order valence-electron chi connectivity index (χ4n) is 3.37. The maximum atomic E-state index is 12.9. The summed E-state index contributed by atoms with van der Waals surface area (Å²) >= 11 is 3.41. The lowest BCUT2D eigenvalue weighted by atomic mass is 10.2. The first-order chi connectivity index (χ1) is 15.6. The van der Waals surface area contributed by atoms with Crippen molar-refractivity contribution < 1.29 is 9.53 Å². The third-order valence-corrected chi connectivity index (χ3v) is 5.46. The van der Waals surface area contributed by atoms with Gasteiger partial charge in [0.15, 0.2) is 5.65 Å². The van der Waals surface area contributed by atoms with Crippen molar-refractivity contribution in [2.75, 3.05) is 13.2 Å². The van der Waals surface area contributed by atoms with Crippen LogP contribution in [0.15, 0.2) is 70.3 Å². The van der Waals surface area contributed by atoms with Gasteiger partial charge in [-0.05, 0) is 36.8 Å². The third-order valence-electron chi connectivity index (χ3n) is 4.93. The summed E-state index contributed by atoms with van der Waals surface area (Å²) in [7, 11) is 0. The van der Waals surface area contributed by atoms with E-state index in [1.807, 2.05) is 37.3 Å². The van der Waals surface area contributed by atoms with E-state index in [0.717, 1.165) is 10.0 Å². The molecule has 164 valence electrons. The molecule has 0 radical (unpaired) electrons. The Balaban J connectivity index is 1.44. The number of carbonyl (C=O) groups is 1. The second-order valence-corrected chi connectivity index (χ2v) is 8.01. The molecule has 4 rings (SSSR count). The Hall–Kier alpha value is -3.46. The maximum Gasteiger partial charge on any atom is 0.264 e. The highest BCUT2D eigenvalue weighted by Crippen LogP contribution is 2.17. The van der Waals surface area contributed by atoms with Gasteiger partial charge in [0.05, 0.1) is 31.5 Å². The molecule has 1 amide bonds. The summed E-state index contributed by atoms with van der Waals surface area (Å²) in [5.74, 6) is 0.320. The molecule has 8 nitrogen and oxygen atoms in total. The van der Waals surface area contributed by atoms with Gasteiger partial charge in [0, 0.05) is 11.0 Å². The van der Waals surface area contributed by atoms with E-state index in [-0.39, 0.29) is 11.5 Å². The first-order valence-corrected chi connectivity index (χ1v) is 11.0. The molecule has 0 fully saturated rings. The molecule has 32 heavy (non-hydrogen) atoms. The molecule has 0 aliphatic heterocycles.